The van der Waals surface area contributed by atoms with Gasteiger partial charge in [0, 0.05) is 25.6 Å². The lowest BCUT2D eigenvalue weighted by Gasteiger charge is -2.33. The molecule has 0 saturated carbocycles. The van der Waals surface area contributed by atoms with Crippen LogP contribution < -0.4 is 10.9 Å². The Hall–Kier alpha value is -2.97. The molecule has 1 aromatic carbocycles. The van der Waals surface area contributed by atoms with Crippen molar-refractivity contribution in [1.29, 1.82) is 0 Å². The topological polar surface area (TPSA) is 106 Å². The highest BCUT2D eigenvalue weighted by atomic mass is 16.5. The van der Waals surface area contributed by atoms with Crippen LogP contribution in [0.25, 0.3) is 10.9 Å². The zero-order chi connectivity index (χ0) is 19.2. The van der Waals surface area contributed by atoms with Crippen molar-refractivity contribution in [2.24, 2.45) is 0 Å². The summed E-state index contributed by atoms with van der Waals surface area (Å²) in [6.07, 6.45) is 1.30. The number of nitrogens with one attached hydrogen (secondary N) is 1. The third kappa shape index (κ3) is 4.60. The molecule has 0 spiro atoms. The summed E-state index contributed by atoms with van der Waals surface area (Å²) < 4.78 is 6.11. The SMILES string of the molecule is CCOC(=O)N[C@H]1CCCN(C(=O)CCn2nnc3ccccc3c2=O)C1. The maximum absolute atomic E-state index is 12.5. The molecular weight excluding hydrogens is 350 g/mol. The quantitative estimate of drug-likeness (QED) is 0.835. The monoisotopic (exact) mass is 373 g/mol. The second kappa shape index (κ2) is 8.61. The van der Waals surface area contributed by atoms with Crippen molar-refractivity contribution in [1.82, 2.24) is 25.2 Å². The molecule has 1 aliphatic rings. The molecule has 0 aliphatic carbocycles. The van der Waals surface area contributed by atoms with Crippen LogP contribution in [0.3, 0.4) is 0 Å². The number of carbonyl (C=O) groups is 2. The first-order valence-corrected chi connectivity index (χ1v) is 9.12. The first-order valence-electron chi connectivity index (χ1n) is 9.12. The minimum Gasteiger partial charge on any atom is -0.450 e. The van der Waals surface area contributed by atoms with Crippen molar-refractivity contribution in [3.8, 4) is 0 Å². The first-order chi connectivity index (χ1) is 13.1. The normalized spacial score (nSPS) is 16.9. The Balaban J connectivity index is 1.58. The van der Waals surface area contributed by atoms with Gasteiger partial charge in [-0.3, -0.25) is 9.59 Å². The number of aromatic nitrogens is 3. The van der Waals surface area contributed by atoms with Gasteiger partial charge < -0.3 is 15.0 Å². The average Bonchev–Trinajstić information content (AvgIpc) is 2.68. The van der Waals surface area contributed by atoms with E-state index in [4.69, 9.17) is 4.74 Å². The lowest BCUT2D eigenvalue weighted by atomic mass is 10.1. The van der Waals surface area contributed by atoms with Gasteiger partial charge in [-0.1, -0.05) is 17.3 Å². The third-order valence-corrected chi connectivity index (χ3v) is 4.54. The van der Waals surface area contributed by atoms with Crippen LogP contribution in [0.15, 0.2) is 29.1 Å². The maximum Gasteiger partial charge on any atom is 0.407 e. The Morgan fingerprint density at radius 2 is 2.15 bits per heavy atom. The van der Waals surface area contributed by atoms with E-state index in [-0.39, 0.29) is 30.5 Å². The maximum atomic E-state index is 12.5. The van der Waals surface area contributed by atoms with Gasteiger partial charge in [0.1, 0.15) is 5.52 Å². The van der Waals surface area contributed by atoms with E-state index in [9.17, 15) is 14.4 Å². The average molecular weight is 373 g/mol. The van der Waals surface area contributed by atoms with Crippen LogP contribution in [-0.2, 0) is 16.1 Å². The summed E-state index contributed by atoms with van der Waals surface area (Å²) in [6.45, 7) is 3.30. The zero-order valence-electron chi connectivity index (χ0n) is 15.3. The molecule has 1 N–H and O–H groups in total. The number of amides is 2. The lowest BCUT2D eigenvalue weighted by molar-refractivity contribution is -0.132. The van der Waals surface area contributed by atoms with E-state index in [0.29, 0.717) is 30.6 Å². The predicted octanol–water partition coefficient (Wildman–Crippen LogP) is 0.919. The third-order valence-electron chi connectivity index (χ3n) is 4.54. The summed E-state index contributed by atoms with van der Waals surface area (Å²) in [5.74, 6) is -0.0767. The van der Waals surface area contributed by atoms with E-state index < -0.39 is 6.09 Å². The summed E-state index contributed by atoms with van der Waals surface area (Å²) in [5, 5.41) is 11.2. The minimum atomic E-state index is -0.463. The van der Waals surface area contributed by atoms with E-state index in [1.165, 1.54) is 4.68 Å². The first kappa shape index (κ1) is 18.8. The molecule has 1 aliphatic heterocycles. The minimum absolute atomic E-state index is 0.0767. The lowest BCUT2D eigenvalue weighted by Crippen LogP contribution is -2.50. The molecule has 27 heavy (non-hydrogen) atoms. The summed E-state index contributed by atoms with van der Waals surface area (Å²) in [4.78, 5) is 38.2. The van der Waals surface area contributed by atoms with Crippen molar-refractivity contribution in [2.45, 2.75) is 38.8 Å². The van der Waals surface area contributed by atoms with Gasteiger partial charge in [-0.2, -0.15) is 0 Å². The van der Waals surface area contributed by atoms with Crippen LogP contribution in [0, 0.1) is 0 Å². The molecule has 0 unspecified atom stereocenters. The van der Waals surface area contributed by atoms with Crippen LogP contribution in [0.4, 0.5) is 4.79 Å². The molecule has 1 fully saturated rings. The van der Waals surface area contributed by atoms with Crippen LogP contribution in [0.5, 0.6) is 0 Å². The van der Waals surface area contributed by atoms with Crippen LogP contribution in [-0.4, -0.2) is 57.6 Å². The van der Waals surface area contributed by atoms with Crippen LogP contribution in [0.2, 0.25) is 0 Å². The smallest absolute Gasteiger partial charge is 0.407 e. The summed E-state index contributed by atoms with van der Waals surface area (Å²) in [7, 11) is 0. The highest BCUT2D eigenvalue weighted by Crippen LogP contribution is 2.12. The molecule has 2 aromatic rings. The van der Waals surface area contributed by atoms with Crippen LogP contribution in [0.1, 0.15) is 26.2 Å². The number of ether oxygens (including phenoxy) is 1. The van der Waals surface area contributed by atoms with E-state index >= 15 is 0 Å². The van der Waals surface area contributed by atoms with Gasteiger partial charge in [-0.05, 0) is 31.9 Å². The molecule has 1 saturated heterocycles. The number of rotatable bonds is 5. The Morgan fingerprint density at radius 3 is 2.96 bits per heavy atom. The standard InChI is InChI=1S/C18H23N5O4/c1-2-27-18(26)19-13-6-5-10-22(12-13)16(24)9-11-23-17(25)14-7-3-4-8-15(14)20-21-23/h3-4,7-8,13H,2,5-6,9-12H2,1H3,(H,19,26)/t13-/m0/s1. The highest BCUT2D eigenvalue weighted by Gasteiger charge is 2.25. The molecule has 2 amide bonds. The van der Waals surface area contributed by atoms with E-state index in [2.05, 4.69) is 15.6 Å². The highest BCUT2D eigenvalue weighted by molar-refractivity contribution is 5.77. The summed E-state index contributed by atoms with van der Waals surface area (Å²) in [6, 6.07) is 6.86. The van der Waals surface area contributed by atoms with Gasteiger partial charge in [-0.25, -0.2) is 9.48 Å². The van der Waals surface area contributed by atoms with E-state index in [1.807, 2.05) is 0 Å². The fourth-order valence-electron chi connectivity index (χ4n) is 3.19. The van der Waals surface area contributed by atoms with Gasteiger partial charge in [0.15, 0.2) is 0 Å². The number of hydrogen-bond acceptors (Lipinski definition) is 6. The number of carbonyl (C=O) groups excluding carboxylic acids is 2. The second-order valence-corrected chi connectivity index (χ2v) is 6.43. The molecule has 3 rings (SSSR count). The Morgan fingerprint density at radius 1 is 1.33 bits per heavy atom. The molecule has 0 bridgehead atoms. The molecule has 144 valence electrons. The molecule has 2 heterocycles. The van der Waals surface area contributed by atoms with Crippen molar-refractivity contribution >= 4 is 22.9 Å². The van der Waals surface area contributed by atoms with Gasteiger partial charge in [0.2, 0.25) is 5.91 Å². The number of aryl methyl sites for hydroxylation is 1. The summed E-state index contributed by atoms with van der Waals surface area (Å²) >= 11 is 0. The number of hydrogen-bond donors (Lipinski definition) is 1. The molecule has 9 nitrogen and oxygen atoms in total. The number of alkyl carbamates (subject to hydrolysis) is 1. The van der Waals surface area contributed by atoms with Crippen molar-refractivity contribution < 1.29 is 14.3 Å². The van der Waals surface area contributed by atoms with Gasteiger partial charge in [-0.15, -0.1) is 5.10 Å². The molecule has 0 radical (unpaired) electrons. The van der Waals surface area contributed by atoms with E-state index in [0.717, 1.165) is 12.8 Å². The largest absolute Gasteiger partial charge is 0.450 e. The van der Waals surface area contributed by atoms with Gasteiger partial charge in [0.25, 0.3) is 5.56 Å². The van der Waals surface area contributed by atoms with Crippen molar-refractivity contribution in [3.63, 3.8) is 0 Å². The van der Waals surface area contributed by atoms with Crippen molar-refractivity contribution in [2.75, 3.05) is 19.7 Å². The number of benzene rings is 1. The number of likely N-dealkylation sites (tertiary alicyclic amines) is 1. The Bertz CT molecular complexity index is 881. The number of piperidine rings is 1. The second-order valence-electron chi connectivity index (χ2n) is 6.43. The fourth-order valence-corrected chi connectivity index (χ4v) is 3.19. The predicted molar refractivity (Wildman–Crippen MR) is 98.2 cm³/mol. The van der Waals surface area contributed by atoms with Crippen molar-refractivity contribution in [3.05, 3.63) is 34.6 Å². The van der Waals surface area contributed by atoms with Gasteiger partial charge >= 0.3 is 6.09 Å². The van der Waals surface area contributed by atoms with Gasteiger partial charge in [0.05, 0.1) is 18.5 Å². The Kier molecular flexibility index (Phi) is 6.00. The molecule has 1 aromatic heterocycles. The molecule has 1 atom stereocenters. The van der Waals surface area contributed by atoms with Crippen LogP contribution >= 0.6 is 0 Å². The fraction of sp³-hybridized carbons (Fsp3) is 0.500. The van der Waals surface area contributed by atoms with E-state index in [1.54, 1.807) is 36.1 Å². The molecular formula is C18H23N5O4. The zero-order valence-corrected chi connectivity index (χ0v) is 15.3. The number of fused-ring (bicyclic) bond motifs is 1. The summed E-state index contributed by atoms with van der Waals surface area (Å²) in [5.41, 5.74) is 0.280. The Labute approximate surface area is 156 Å². The molecule has 9 heteroatoms. The number of nitrogens with zero attached hydrogens (tertiary/aromatic N) is 4.